The van der Waals surface area contributed by atoms with Gasteiger partial charge in [0, 0.05) is 32.6 Å². The van der Waals surface area contributed by atoms with E-state index in [2.05, 4.69) is 0 Å². The summed E-state index contributed by atoms with van der Waals surface area (Å²) in [5.74, 6) is 2.30. The van der Waals surface area contributed by atoms with Gasteiger partial charge in [0.25, 0.3) is 0 Å². The van der Waals surface area contributed by atoms with Crippen molar-refractivity contribution in [3.05, 3.63) is 0 Å². The molecule has 1 heterocycles. The predicted octanol–water partition coefficient (Wildman–Crippen LogP) is 3.94. The average Bonchev–Trinajstić information content (AvgIpc) is 3.14. The molecule has 1 amide bonds. The summed E-state index contributed by atoms with van der Waals surface area (Å²) in [6, 6.07) is 0. The summed E-state index contributed by atoms with van der Waals surface area (Å²) < 4.78 is 37.4. The second-order valence-electron chi connectivity index (χ2n) is 8.73. The largest absolute Gasteiger partial charge is 0.439 e. The van der Waals surface area contributed by atoms with E-state index in [9.17, 15) is 18.0 Å². The van der Waals surface area contributed by atoms with Gasteiger partial charge in [0.2, 0.25) is 5.91 Å². The van der Waals surface area contributed by atoms with Crippen LogP contribution in [0, 0.1) is 34.0 Å². The van der Waals surface area contributed by atoms with Gasteiger partial charge in [0.1, 0.15) is 0 Å². The van der Waals surface area contributed by atoms with Crippen molar-refractivity contribution in [1.29, 1.82) is 10.8 Å². The van der Waals surface area contributed by atoms with Crippen LogP contribution in [0.1, 0.15) is 44.9 Å². The maximum absolute atomic E-state index is 12.7. The third-order valence-electron chi connectivity index (χ3n) is 7.39. The zero-order chi connectivity index (χ0) is 20.1. The van der Waals surface area contributed by atoms with Crippen molar-refractivity contribution in [2.45, 2.75) is 51.1 Å². The van der Waals surface area contributed by atoms with Crippen LogP contribution < -0.4 is 0 Å². The smallest absolute Gasteiger partial charge is 0.348 e. The van der Waals surface area contributed by atoms with Gasteiger partial charge in [-0.05, 0) is 54.2 Å². The van der Waals surface area contributed by atoms with Gasteiger partial charge in [-0.3, -0.25) is 15.6 Å². The minimum absolute atomic E-state index is 0.128. The number of nitrogens with zero attached hydrogens (tertiary/aromatic N) is 2. The van der Waals surface area contributed by atoms with Crippen LogP contribution in [0.15, 0.2) is 0 Å². The van der Waals surface area contributed by atoms with Gasteiger partial charge in [0.15, 0.2) is 10.2 Å². The SMILES string of the molecule is N=C(SC(=N)C(F)(F)F)N1CCN(C(=O)CC2C[C@@H]3C2C32CCCCC2)CC1. The highest BCUT2D eigenvalue weighted by Gasteiger charge is 2.72. The Morgan fingerprint density at radius 2 is 1.64 bits per heavy atom. The number of alkyl halides is 3. The van der Waals surface area contributed by atoms with Crippen LogP contribution in [0.2, 0.25) is 0 Å². The molecule has 1 spiro atoms. The van der Waals surface area contributed by atoms with Crippen LogP contribution in [-0.4, -0.2) is 58.3 Å². The molecule has 9 heteroatoms. The number of rotatable bonds is 2. The molecular weight excluding hydrogens is 389 g/mol. The predicted molar refractivity (Wildman–Crippen MR) is 102 cm³/mol. The zero-order valence-corrected chi connectivity index (χ0v) is 16.7. The Hall–Kier alpha value is -1.25. The van der Waals surface area contributed by atoms with Crippen LogP contribution in [0.3, 0.4) is 0 Å². The summed E-state index contributed by atoms with van der Waals surface area (Å²) in [6.45, 7) is 1.58. The van der Waals surface area contributed by atoms with E-state index in [4.69, 9.17) is 10.8 Å². The fraction of sp³-hybridized carbons (Fsp3) is 0.842. The first kappa shape index (κ1) is 20.0. The third-order valence-corrected chi connectivity index (χ3v) is 8.28. The Bertz CT molecular complexity index is 669. The van der Waals surface area contributed by atoms with E-state index in [0.29, 0.717) is 43.9 Å². The first-order valence-corrected chi connectivity index (χ1v) is 11.0. The standard InChI is InChI=1S/C19H27F3N4OS/c20-19(21,22)16(23)28-17(24)26-8-6-25(7-9-26)14(27)11-12-10-13-15(12)18(13)4-2-1-3-5-18/h12-13,15,23-24H,1-11H2/t12?,13-,15?/m1/s1. The van der Waals surface area contributed by atoms with Gasteiger partial charge in [0.05, 0.1) is 0 Å². The number of nitrogens with one attached hydrogen (secondary N) is 2. The molecule has 0 aromatic rings. The zero-order valence-electron chi connectivity index (χ0n) is 15.9. The first-order valence-electron chi connectivity index (χ1n) is 10.2. The average molecular weight is 417 g/mol. The van der Waals surface area contributed by atoms with E-state index in [1.54, 1.807) is 4.90 Å². The van der Waals surface area contributed by atoms with Crippen molar-refractivity contribution in [3.63, 3.8) is 0 Å². The lowest BCUT2D eigenvalue weighted by Gasteiger charge is -2.37. The molecule has 0 radical (unpaired) electrons. The molecule has 1 saturated heterocycles. The molecule has 3 atom stereocenters. The number of carbonyl (C=O) groups excluding carboxylic acids is 1. The van der Waals surface area contributed by atoms with Crippen LogP contribution in [0.5, 0.6) is 0 Å². The van der Waals surface area contributed by atoms with E-state index >= 15 is 0 Å². The second-order valence-corrected chi connectivity index (χ2v) is 9.73. The summed E-state index contributed by atoms with van der Waals surface area (Å²) in [7, 11) is 0. The van der Waals surface area contributed by atoms with Crippen LogP contribution in [-0.2, 0) is 4.79 Å². The number of amidine groups is 1. The molecule has 1 aliphatic heterocycles. The Kier molecular flexibility index (Phi) is 5.17. The number of fused-ring (bicyclic) bond motifs is 3. The molecular formula is C19H27F3N4OS. The first-order chi connectivity index (χ1) is 13.2. The lowest BCUT2D eigenvalue weighted by molar-refractivity contribution is -0.134. The summed E-state index contributed by atoms with van der Waals surface area (Å²) in [4.78, 5) is 16.0. The lowest BCUT2D eigenvalue weighted by Crippen LogP contribution is -2.50. The molecule has 28 heavy (non-hydrogen) atoms. The van der Waals surface area contributed by atoms with Gasteiger partial charge in [-0.2, -0.15) is 13.2 Å². The maximum Gasteiger partial charge on any atom is 0.439 e. The third kappa shape index (κ3) is 3.55. The van der Waals surface area contributed by atoms with E-state index in [-0.39, 0.29) is 22.8 Å². The molecule has 4 aliphatic rings. The van der Waals surface area contributed by atoms with Gasteiger partial charge in [-0.25, -0.2) is 0 Å². The summed E-state index contributed by atoms with van der Waals surface area (Å²) in [5, 5.41) is 13.1. The summed E-state index contributed by atoms with van der Waals surface area (Å²) in [6.07, 6.45) is 3.80. The van der Waals surface area contributed by atoms with Gasteiger partial charge in [-0.15, -0.1) is 0 Å². The maximum atomic E-state index is 12.7. The number of carbonyl (C=O) groups is 1. The van der Waals surface area contributed by atoms with Crippen molar-refractivity contribution >= 4 is 27.9 Å². The quantitative estimate of drug-likeness (QED) is 0.529. The monoisotopic (exact) mass is 416 g/mol. The minimum atomic E-state index is -4.71. The molecule has 2 unspecified atom stereocenters. The van der Waals surface area contributed by atoms with Crippen molar-refractivity contribution in [2.24, 2.45) is 23.2 Å². The number of hydrogen-bond donors (Lipinski definition) is 2. The normalized spacial score (nSPS) is 31.2. The molecule has 0 aromatic heterocycles. The van der Waals surface area contributed by atoms with Crippen LogP contribution >= 0.6 is 11.8 Å². The summed E-state index contributed by atoms with van der Waals surface area (Å²) in [5.41, 5.74) is 0.567. The molecule has 156 valence electrons. The van der Waals surface area contributed by atoms with Gasteiger partial charge < -0.3 is 9.80 Å². The molecule has 4 rings (SSSR count). The van der Waals surface area contributed by atoms with Crippen molar-refractivity contribution in [3.8, 4) is 0 Å². The highest BCUT2D eigenvalue weighted by Crippen LogP contribution is 2.78. The highest BCUT2D eigenvalue weighted by atomic mass is 32.2. The molecule has 4 fully saturated rings. The molecule has 5 nitrogen and oxygen atoms in total. The lowest BCUT2D eigenvalue weighted by atomic mass is 9.81. The number of thioether (sulfide) groups is 1. The Balaban J connectivity index is 1.21. The fourth-order valence-corrected chi connectivity index (χ4v) is 6.55. The highest BCUT2D eigenvalue weighted by molar-refractivity contribution is 8.26. The summed E-state index contributed by atoms with van der Waals surface area (Å²) >= 11 is 0.128. The number of halogens is 3. The number of hydrogen-bond acceptors (Lipinski definition) is 4. The molecule has 0 bridgehead atoms. The van der Waals surface area contributed by atoms with Gasteiger partial charge in [-0.1, -0.05) is 19.3 Å². The Morgan fingerprint density at radius 1 is 1.04 bits per heavy atom. The van der Waals surface area contributed by atoms with Gasteiger partial charge >= 0.3 is 6.18 Å². The molecule has 0 aromatic carbocycles. The van der Waals surface area contributed by atoms with E-state index in [0.717, 1.165) is 11.8 Å². The van der Waals surface area contributed by atoms with Crippen LogP contribution in [0.25, 0.3) is 0 Å². The van der Waals surface area contributed by atoms with E-state index in [1.807, 2.05) is 0 Å². The minimum Gasteiger partial charge on any atom is -0.348 e. The van der Waals surface area contributed by atoms with Crippen molar-refractivity contribution in [1.82, 2.24) is 9.80 Å². The van der Waals surface area contributed by atoms with Crippen molar-refractivity contribution in [2.75, 3.05) is 26.2 Å². The molecule has 3 aliphatic carbocycles. The molecule has 3 saturated carbocycles. The topological polar surface area (TPSA) is 71.2 Å². The van der Waals surface area contributed by atoms with Crippen LogP contribution in [0.4, 0.5) is 13.2 Å². The van der Waals surface area contributed by atoms with Crippen molar-refractivity contribution < 1.29 is 18.0 Å². The van der Waals surface area contributed by atoms with E-state index < -0.39 is 11.2 Å². The van der Waals surface area contributed by atoms with E-state index in [1.165, 1.54) is 43.4 Å². The Labute approximate surface area is 167 Å². The fourth-order valence-electron chi connectivity index (χ4n) is 5.92. The second kappa shape index (κ2) is 7.22. The Morgan fingerprint density at radius 3 is 2.25 bits per heavy atom. The molecule has 2 N–H and O–H groups in total. The number of piperazine rings is 1. The number of amides is 1.